The Morgan fingerprint density at radius 1 is 0.600 bits per heavy atom. The van der Waals surface area contributed by atoms with Gasteiger partial charge in [0.25, 0.3) is 0 Å². The summed E-state index contributed by atoms with van der Waals surface area (Å²) in [6.45, 7) is 0. The van der Waals surface area contributed by atoms with Crippen LogP contribution < -0.4 is 4.74 Å². The molecule has 1 nitrogen and oxygen atoms in total. The highest BCUT2D eigenvalue weighted by molar-refractivity contribution is 5.77. The van der Waals surface area contributed by atoms with Crippen molar-refractivity contribution < 1.29 is 4.74 Å². The average Bonchev–Trinajstić information content (AvgIpc) is 2.56. The highest BCUT2D eigenvalue weighted by atomic mass is 16.5. The Labute approximate surface area is 119 Å². The van der Waals surface area contributed by atoms with Gasteiger partial charge in [0.1, 0.15) is 5.75 Å². The van der Waals surface area contributed by atoms with Crippen molar-refractivity contribution in [1.29, 1.82) is 0 Å². The van der Waals surface area contributed by atoms with Gasteiger partial charge in [-0.3, -0.25) is 0 Å². The number of ether oxygens (including phenoxy) is 1. The standard InChI is InChI=1S/C19H16O/c1-20-19-13-12-17(15-8-4-2-5-9-15)14-18(19)16-10-6-3-7-11-16/h2-14H,1H3. The van der Waals surface area contributed by atoms with Crippen LogP contribution in [0.2, 0.25) is 0 Å². The molecule has 0 bridgehead atoms. The average molecular weight is 260 g/mol. The van der Waals surface area contributed by atoms with Crippen molar-refractivity contribution in [2.75, 3.05) is 7.11 Å². The van der Waals surface area contributed by atoms with Crippen molar-refractivity contribution in [3.05, 3.63) is 78.9 Å². The van der Waals surface area contributed by atoms with Crippen LogP contribution in [0.1, 0.15) is 0 Å². The lowest BCUT2D eigenvalue weighted by Gasteiger charge is -2.11. The minimum atomic E-state index is 0.899. The molecular formula is C19H16O. The third-order valence-corrected chi connectivity index (χ3v) is 3.39. The summed E-state index contributed by atoms with van der Waals surface area (Å²) in [6.07, 6.45) is 0. The van der Waals surface area contributed by atoms with Crippen molar-refractivity contribution in [3.63, 3.8) is 0 Å². The Morgan fingerprint density at radius 3 is 1.80 bits per heavy atom. The molecule has 0 atom stereocenters. The maximum absolute atomic E-state index is 5.49. The van der Waals surface area contributed by atoms with Crippen molar-refractivity contribution in [3.8, 4) is 28.0 Å². The summed E-state index contributed by atoms with van der Waals surface area (Å²) >= 11 is 0. The second-order valence-corrected chi connectivity index (χ2v) is 4.65. The summed E-state index contributed by atoms with van der Waals surface area (Å²) in [5.74, 6) is 0.899. The molecule has 0 fully saturated rings. The number of hydrogen-bond donors (Lipinski definition) is 0. The van der Waals surface area contributed by atoms with Crippen molar-refractivity contribution in [1.82, 2.24) is 0 Å². The van der Waals surface area contributed by atoms with Crippen LogP contribution in [0.15, 0.2) is 78.9 Å². The fraction of sp³-hybridized carbons (Fsp3) is 0.0526. The highest BCUT2D eigenvalue weighted by Crippen LogP contribution is 2.33. The van der Waals surface area contributed by atoms with Crippen LogP contribution in [-0.4, -0.2) is 7.11 Å². The quantitative estimate of drug-likeness (QED) is 0.641. The van der Waals surface area contributed by atoms with E-state index in [1.165, 1.54) is 16.7 Å². The first-order chi connectivity index (χ1) is 9.88. The van der Waals surface area contributed by atoms with E-state index in [0.29, 0.717) is 0 Å². The summed E-state index contributed by atoms with van der Waals surface area (Å²) in [4.78, 5) is 0. The van der Waals surface area contributed by atoms with E-state index in [1.807, 2.05) is 30.3 Å². The maximum atomic E-state index is 5.49. The normalized spacial score (nSPS) is 10.2. The zero-order chi connectivity index (χ0) is 13.8. The fourth-order valence-corrected chi connectivity index (χ4v) is 2.36. The first-order valence-electron chi connectivity index (χ1n) is 6.67. The zero-order valence-corrected chi connectivity index (χ0v) is 11.4. The molecule has 0 aliphatic heterocycles. The maximum Gasteiger partial charge on any atom is 0.126 e. The van der Waals surface area contributed by atoms with E-state index in [4.69, 9.17) is 4.74 Å². The third kappa shape index (κ3) is 2.43. The summed E-state index contributed by atoms with van der Waals surface area (Å²) in [5, 5.41) is 0. The lowest BCUT2D eigenvalue weighted by molar-refractivity contribution is 0.416. The van der Waals surface area contributed by atoms with Crippen molar-refractivity contribution in [2.45, 2.75) is 0 Å². The number of hydrogen-bond acceptors (Lipinski definition) is 1. The molecule has 0 amide bonds. The molecular weight excluding hydrogens is 244 g/mol. The van der Waals surface area contributed by atoms with Crippen molar-refractivity contribution >= 4 is 0 Å². The van der Waals surface area contributed by atoms with Gasteiger partial charge in [0.05, 0.1) is 7.11 Å². The van der Waals surface area contributed by atoms with Crippen LogP contribution in [0.3, 0.4) is 0 Å². The van der Waals surface area contributed by atoms with Gasteiger partial charge in [-0.05, 0) is 28.8 Å². The minimum Gasteiger partial charge on any atom is -0.496 e. The summed E-state index contributed by atoms with van der Waals surface area (Å²) in [5.41, 5.74) is 4.70. The topological polar surface area (TPSA) is 9.23 Å². The molecule has 0 unspecified atom stereocenters. The predicted molar refractivity (Wildman–Crippen MR) is 83.9 cm³/mol. The van der Waals surface area contributed by atoms with Gasteiger partial charge < -0.3 is 4.74 Å². The summed E-state index contributed by atoms with van der Waals surface area (Å²) in [7, 11) is 1.71. The molecule has 1 heteroatoms. The van der Waals surface area contributed by atoms with Crippen LogP contribution in [0, 0.1) is 0 Å². The molecule has 3 aromatic carbocycles. The molecule has 0 spiro atoms. The van der Waals surface area contributed by atoms with Gasteiger partial charge in [-0.1, -0.05) is 66.7 Å². The molecule has 0 saturated heterocycles. The molecule has 0 aromatic heterocycles. The van der Waals surface area contributed by atoms with Gasteiger partial charge in [0.2, 0.25) is 0 Å². The van der Waals surface area contributed by atoms with E-state index in [0.717, 1.165) is 11.3 Å². The van der Waals surface area contributed by atoms with Crippen molar-refractivity contribution in [2.24, 2.45) is 0 Å². The van der Waals surface area contributed by atoms with Crippen LogP contribution in [0.4, 0.5) is 0 Å². The van der Waals surface area contributed by atoms with E-state index in [2.05, 4.69) is 48.5 Å². The largest absolute Gasteiger partial charge is 0.496 e. The first-order valence-corrected chi connectivity index (χ1v) is 6.67. The predicted octanol–water partition coefficient (Wildman–Crippen LogP) is 5.03. The van der Waals surface area contributed by atoms with E-state index in [9.17, 15) is 0 Å². The third-order valence-electron chi connectivity index (χ3n) is 3.39. The van der Waals surface area contributed by atoms with E-state index in [1.54, 1.807) is 7.11 Å². The Balaban J connectivity index is 2.13. The molecule has 0 aliphatic rings. The van der Waals surface area contributed by atoms with Crippen LogP contribution in [0.25, 0.3) is 22.3 Å². The van der Waals surface area contributed by atoms with Crippen LogP contribution >= 0.6 is 0 Å². The van der Waals surface area contributed by atoms with Gasteiger partial charge in [-0.25, -0.2) is 0 Å². The Kier molecular flexibility index (Phi) is 3.51. The molecule has 0 N–H and O–H groups in total. The Bertz CT molecular complexity index is 687. The zero-order valence-electron chi connectivity index (χ0n) is 11.4. The molecule has 98 valence electrons. The van der Waals surface area contributed by atoms with Gasteiger partial charge in [-0.15, -0.1) is 0 Å². The molecule has 3 rings (SSSR count). The summed E-state index contributed by atoms with van der Waals surface area (Å²) in [6, 6.07) is 27.0. The molecule has 3 aromatic rings. The van der Waals surface area contributed by atoms with Crippen LogP contribution in [-0.2, 0) is 0 Å². The first kappa shape index (κ1) is 12.5. The summed E-state index contributed by atoms with van der Waals surface area (Å²) < 4.78 is 5.49. The van der Waals surface area contributed by atoms with Gasteiger partial charge in [-0.2, -0.15) is 0 Å². The fourth-order valence-electron chi connectivity index (χ4n) is 2.36. The smallest absolute Gasteiger partial charge is 0.126 e. The number of rotatable bonds is 3. The molecule has 0 heterocycles. The van der Waals surface area contributed by atoms with E-state index in [-0.39, 0.29) is 0 Å². The SMILES string of the molecule is COc1ccc(-c2ccccc2)cc1-c1ccccc1. The van der Waals surface area contributed by atoms with Gasteiger partial charge >= 0.3 is 0 Å². The van der Waals surface area contributed by atoms with E-state index < -0.39 is 0 Å². The number of methoxy groups -OCH3 is 1. The van der Waals surface area contributed by atoms with Crippen LogP contribution in [0.5, 0.6) is 5.75 Å². The Hall–Kier alpha value is -2.54. The number of benzene rings is 3. The highest BCUT2D eigenvalue weighted by Gasteiger charge is 2.07. The molecule has 0 aliphatic carbocycles. The lowest BCUT2D eigenvalue weighted by Crippen LogP contribution is -1.89. The van der Waals surface area contributed by atoms with Gasteiger partial charge in [0.15, 0.2) is 0 Å². The molecule has 0 radical (unpaired) electrons. The Morgan fingerprint density at radius 2 is 1.20 bits per heavy atom. The second kappa shape index (κ2) is 5.62. The molecule has 0 saturated carbocycles. The monoisotopic (exact) mass is 260 g/mol. The molecule has 20 heavy (non-hydrogen) atoms. The van der Waals surface area contributed by atoms with E-state index >= 15 is 0 Å². The minimum absolute atomic E-state index is 0.899. The second-order valence-electron chi connectivity index (χ2n) is 4.65. The van der Waals surface area contributed by atoms with Gasteiger partial charge in [0, 0.05) is 5.56 Å². The lowest BCUT2D eigenvalue weighted by atomic mass is 9.98.